The number of benzene rings is 3. The number of piperazine rings is 1. The van der Waals surface area contributed by atoms with E-state index in [0.29, 0.717) is 30.8 Å². The Morgan fingerprint density at radius 1 is 0.970 bits per heavy atom. The number of amides is 1. The summed E-state index contributed by atoms with van der Waals surface area (Å²) in [5.74, 6) is 0.677. The molecule has 0 bridgehead atoms. The highest BCUT2D eigenvalue weighted by Gasteiger charge is 2.23. The van der Waals surface area contributed by atoms with Gasteiger partial charge in [0, 0.05) is 60.4 Å². The number of nitrogens with one attached hydrogen (secondary N) is 1. The number of ether oxygens (including phenoxy) is 1. The first kappa shape index (κ1) is 21.2. The fourth-order valence-electron chi connectivity index (χ4n) is 4.35. The van der Waals surface area contributed by atoms with Crippen LogP contribution in [-0.2, 0) is 6.54 Å². The molecule has 0 spiro atoms. The van der Waals surface area contributed by atoms with E-state index in [4.69, 9.17) is 4.74 Å². The summed E-state index contributed by atoms with van der Waals surface area (Å²) in [6.45, 7) is 3.30. The van der Waals surface area contributed by atoms with E-state index >= 15 is 0 Å². The summed E-state index contributed by atoms with van der Waals surface area (Å²) in [4.78, 5) is 20.6. The van der Waals surface area contributed by atoms with Crippen LogP contribution in [0.25, 0.3) is 22.2 Å². The quantitative estimate of drug-likeness (QED) is 0.475. The molecule has 0 aliphatic carbocycles. The number of carbonyl (C=O) groups excluding carboxylic acids is 1. The van der Waals surface area contributed by atoms with Gasteiger partial charge in [-0.1, -0.05) is 18.2 Å². The SMILES string of the molecule is COc1ccc(-c2cc3cc(C(=O)N4CCN(Cc5ccccc5F)CC4)ccc3[nH]2)cc1. The fourth-order valence-corrected chi connectivity index (χ4v) is 4.35. The Balaban J connectivity index is 1.26. The number of H-pyrrole nitrogens is 1. The number of halogens is 1. The summed E-state index contributed by atoms with van der Waals surface area (Å²) in [6.07, 6.45) is 0. The van der Waals surface area contributed by atoms with Crippen molar-refractivity contribution in [2.24, 2.45) is 0 Å². The van der Waals surface area contributed by atoms with E-state index in [1.165, 1.54) is 6.07 Å². The minimum absolute atomic E-state index is 0.0367. The van der Waals surface area contributed by atoms with Crippen LogP contribution >= 0.6 is 0 Å². The van der Waals surface area contributed by atoms with Crippen molar-refractivity contribution in [1.29, 1.82) is 0 Å². The standard InChI is InChI=1S/C27H26FN3O2/c1-33-23-9-6-19(7-10-23)26-17-22-16-20(8-11-25(22)29-26)27(32)31-14-12-30(13-15-31)18-21-4-2-3-5-24(21)28/h2-11,16-17,29H,12-15,18H2,1H3. The van der Waals surface area contributed by atoms with Gasteiger partial charge in [-0.25, -0.2) is 4.39 Å². The molecule has 4 aromatic rings. The van der Waals surface area contributed by atoms with Crippen molar-refractivity contribution >= 4 is 16.8 Å². The number of aromatic nitrogens is 1. The smallest absolute Gasteiger partial charge is 0.253 e. The third-order valence-electron chi connectivity index (χ3n) is 6.28. The lowest BCUT2D eigenvalue weighted by atomic mass is 10.1. The lowest BCUT2D eigenvalue weighted by Gasteiger charge is -2.34. The van der Waals surface area contributed by atoms with Crippen LogP contribution < -0.4 is 4.74 Å². The van der Waals surface area contributed by atoms with Crippen molar-refractivity contribution in [3.63, 3.8) is 0 Å². The Kier molecular flexibility index (Phi) is 5.84. The summed E-state index contributed by atoms with van der Waals surface area (Å²) in [6, 6.07) is 22.6. The molecule has 5 rings (SSSR count). The Morgan fingerprint density at radius 2 is 1.73 bits per heavy atom. The molecule has 1 aliphatic rings. The Labute approximate surface area is 192 Å². The van der Waals surface area contributed by atoms with Gasteiger partial charge < -0.3 is 14.6 Å². The number of hydrogen-bond acceptors (Lipinski definition) is 3. The molecule has 168 valence electrons. The second kappa shape index (κ2) is 9.08. The van der Waals surface area contributed by atoms with Gasteiger partial charge in [-0.2, -0.15) is 0 Å². The molecule has 0 atom stereocenters. The van der Waals surface area contributed by atoms with Gasteiger partial charge >= 0.3 is 0 Å². The maximum Gasteiger partial charge on any atom is 0.253 e. The average molecular weight is 444 g/mol. The largest absolute Gasteiger partial charge is 0.497 e. The maximum atomic E-state index is 13.9. The lowest BCUT2D eigenvalue weighted by Crippen LogP contribution is -2.48. The molecule has 2 heterocycles. The summed E-state index contributed by atoms with van der Waals surface area (Å²) < 4.78 is 19.2. The van der Waals surface area contributed by atoms with Crippen LogP contribution in [0.5, 0.6) is 5.75 Å². The minimum atomic E-state index is -0.176. The van der Waals surface area contributed by atoms with Gasteiger partial charge in [0.05, 0.1) is 7.11 Å². The van der Waals surface area contributed by atoms with Gasteiger partial charge in [-0.05, 0) is 60.2 Å². The third-order valence-corrected chi connectivity index (χ3v) is 6.28. The van der Waals surface area contributed by atoms with Gasteiger partial charge in [0.15, 0.2) is 0 Å². The predicted molar refractivity (Wildman–Crippen MR) is 128 cm³/mol. The van der Waals surface area contributed by atoms with Crippen LogP contribution in [0.2, 0.25) is 0 Å². The molecule has 6 heteroatoms. The summed E-state index contributed by atoms with van der Waals surface area (Å²) >= 11 is 0. The zero-order valence-electron chi connectivity index (χ0n) is 18.6. The molecular formula is C27H26FN3O2. The lowest BCUT2D eigenvalue weighted by molar-refractivity contribution is 0.0627. The van der Waals surface area contributed by atoms with Gasteiger partial charge in [0.2, 0.25) is 0 Å². The van der Waals surface area contributed by atoms with Gasteiger partial charge in [-0.15, -0.1) is 0 Å². The molecule has 1 aliphatic heterocycles. The van der Waals surface area contributed by atoms with Crippen molar-refractivity contribution in [3.8, 4) is 17.0 Å². The second-order valence-corrected chi connectivity index (χ2v) is 8.37. The molecule has 1 amide bonds. The van der Waals surface area contributed by atoms with E-state index in [-0.39, 0.29) is 11.7 Å². The summed E-state index contributed by atoms with van der Waals surface area (Å²) in [5.41, 5.74) is 4.44. The van der Waals surface area contributed by atoms with Crippen LogP contribution in [0.4, 0.5) is 4.39 Å². The Hall–Kier alpha value is -3.64. The van der Waals surface area contributed by atoms with Crippen LogP contribution in [0.3, 0.4) is 0 Å². The van der Waals surface area contributed by atoms with E-state index in [2.05, 4.69) is 16.0 Å². The number of hydrogen-bond donors (Lipinski definition) is 1. The predicted octanol–water partition coefficient (Wildman–Crippen LogP) is 4.94. The maximum absolute atomic E-state index is 13.9. The molecule has 33 heavy (non-hydrogen) atoms. The van der Waals surface area contributed by atoms with Crippen LogP contribution in [0.15, 0.2) is 72.8 Å². The normalized spacial score (nSPS) is 14.5. The number of methoxy groups -OCH3 is 1. The van der Waals surface area contributed by atoms with Gasteiger partial charge in [-0.3, -0.25) is 9.69 Å². The van der Waals surface area contributed by atoms with E-state index in [0.717, 1.165) is 41.0 Å². The van der Waals surface area contributed by atoms with Gasteiger partial charge in [0.1, 0.15) is 11.6 Å². The second-order valence-electron chi connectivity index (χ2n) is 8.37. The monoisotopic (exact) mass is 443 g/mol. The summed E-state index contributed by atoms with van der Waals surface area (Å²) in [5, 5.41) is 1.00. The van der Waals surface area contributed by atoms with E-state index in [1.54, 1.807) is 13.2 Å². The summed E-state index contributed by atoms with van der Waals surface area (Å²) in [7, 11) is 1.65. The van der Waals surface area contributed by atoms with Crippen LogP contribution in [0.1, 0.15) is 15.9 Å². The number of nitrogens with zero attached hydrogens (tertiary/aromatic N) is 2. The van der Waals surface area contributed by atoms with E-state index < -0.39 is 0 Å². The zero-order valence-corrected chi connectivity index (χ0v) is 18.6. The third kappa shape index (κ3) is 4.47. The molecule has 0 saturated carbocycles. The van der Waals surface area contributed by atoms with Crippen molar-refractivity contribution in [2.45, 2.75) is 6.54 Å². The van der Waals surface area contributed by atoms with Crippen LogP contribution in [0, 0.1) is 5.82 Å². The van der Waals surface area contributed by atoms with Gasteiger partial charge in [0.25, 0.3) is 5.91 Å². The van der Waals surface area contributed by atoms with Crippen molar-refractivity contribution in [2.75, 3.05) is 33.3 Å². The highest BCUT2D eigenvalue weighted by molar-refractivity contribution is 5.99. The van der Waals surface area contributed by atoms with E-state index in [9.17, 15) is 9.18 Å². The molecule has 1 N–H and O–H groups in total. The molecule has 1 aromatic heterocycles. The zero-order chi connectivity index (χ0) is 22.8. The van der Waals surface area contributed by atoms with Crippen molar-refractivity contribution in [1.82, 2.24) is 14.8 Å². The highest BCUT2D eigenvalue weighted by Crippen LogP contribution is 2.27. The molecular weight excluding hydrogens is 417 g/mol. The molecule has 1 fully saturated rings. The van der Waals surface area contributed by atoms with Crippen molar-refractivity contribution < 1.29 is 13.9 Å². The average Bonchev–Trinajstić information content (AvgIpc) is 3.29. The number of carbonyl (C=O) groups is 1. The molecule has 3 aromatic carbocycles. The topological polar surface area (TPSA) is 48.6 Å². The molecule has 1 saturated heterocycles. The first-order chi connectivity index (χ1) is 16.1. The molecule has 5 nitrogen and oxygen atoms in total. The van der Waals surface area contributed by atoms with Crippen molar-refractivity contribution in [3.05, 3.63) is 89.7 Å². The number of aromatic amines is 1. The molecule has 0 unspecified atom stereocenters. The fraction of sp³-hybridized carbons (Fsp3) is 0.222. The minimum Gasteiger partial charge on any atom is -0.497 e. The van der Waals surface area contributed by atoms with Crippen LogP contribution in [-0.4, -0.2) is 54.0 Å². The number of fused-ring (bicyclic) bond motifs is 1. The first-order valence-corrected chi connectivity index (χ1v) is 11.1. The number of rotatable bonds is 5. The van der Waals surface area contributed by atoms with E-state index in [1.807, 2.05) is 59.5 Å². The Morgan fingerprint density at radius 3 is 2.45 bits per heavy atom. The first-order valence-electron chi connectivity index (χ1n) is 11.1. The molecule has 0 radical (unpaired) electrons. The highest BCUT2D eigenvalue weighted by atomic mass is 19.1. The Bertz CT molecular complexity index is 1270.